The maximum absolute atomic E-state index is 4.38. The molecule has 17 heavy (non-hydrogen) atoms. The van der Waals surface area contributed by atoms with Crippen LogP contribution in [0.3, 0.4) is 0 Å². The highest BCUT2D eigenvalue weighted by atomic mass is 15.4. The Morgan fingerprint density at radius 1 is 1.12 bits per heavy atom. The molecule has 1 aliphatic rings. The van der Waals surface area contributed by atoms with Gasteiger partial charge in [0, 0.05) is 25.5 Å². The van der Waals surface area contributed by atoms with Crippen LogP contribution in [-0.4, -0.2) is 33.1 Å². The molecule has 1 saturated heterocycles. The summed E-state index contributed by atoms with van der Waals surface area (Å²) in [5.41, 5.74) is 0. The Labute approximate surface area is 100 Å². The summed E-state index contributed by atoms with van der Waals surface area (Å²) < 4.78 is 1.97. The summed E-state index contributed by atoms with van der Waals surface area (Å²) in [7, 11) is 0. The summed E-state index contributed by atoms with van der Waals surface area (Å²) in [6, 6.07) is 6.53. The summed E-state index contributed by atoms with van der Waals surface area (Å²) in [6.45, 7) is 2.06. The van der Waals surface area contributed by atoms with Gasteiger partial charge in [-0.25, -0.2) is 9.67 Å². The molecule has 1 aliphatic heterocycles. The number of rotatable bonds is 2. The Morgan fingerprint density at radius 2 is 2.00 bits per heavy atom. The zero-order chi connectivity index (χ0) is 11.5. The van der Waals surface area contributed by atoms with Gasteiger partial charge in [0.05, 0.1) is 12.2 Å². The summed E-state index contributed by atoms with van der Waals surface area (Å²) >= 11 is 0. The van der Waals surface area contributed by atoms with E-state index in [2.05, 4.69) is 26.3 Å². The number of anilines is 1. The maximum atomic E-state index is 4.38. The van der Waals surface area contributed by atoms with Crippen molar-refractivity contribution in [2.45, 2.75) is 18.9 Å². The molecule has 5 heteroatoms. The van der Waals surface area contributed by atoms with E-state index < -0.39 is 0 Å². The van der Waals surface area contributed by atoms with E-state index in [4.69, 9.17) is 0 Å². The molecular weight excluding hydrogens is 214 g/mol. The van der Waals surface area contributed by atoms with Crippen LogP contribution in [0.2, 0.25) is 0 Å². The van der Waals surface area contributed by atoms with Gasteiger partial charge in [0.1, 0.15) is 5.82 Å². The van der Waals surface area contributed by atoms with Crippen molar-refractivity contribution in [2.75, 3.05) is 18.0 Å². The zero-order valence-electron chi connectivity index (χ0n) is 9.61. The molecule has 0 radical (unpaired) electrons. The fourth-order valence-corrected chi connectivity index (χ4v) is 2.31. The van der Waals surface area contributed by atoms with Gasteiger partial charge >= 0.3 is 0 Å². The van der Waals surface area contributed by atoms with Gasteiger partial charge in [-0.05, 0) is 25.0 Å². The summed E-state index contributed by atoms with van der Waals surface area (Å²) in [5.74, 6) is 1.07. The lowest BCUT2D eigenvalue weighted by atomic mass is 10.1. The van der Waals surface area contributed by atoms with Gasteiger partial charge in [-0.1, -0.05) is 11.3 Å². The van der Waals surface area contributed by atoms with Crippen molar-refractivity contribution in [3.8, 4) is 0 Å². The van der Waals surface area contributed by atoms with E-state index in [1.54, 1.807) is 6.20 Å². The van der Waals surface area contributed by atoms with Crippen molar-refractivity contribution in [1.29, 1.82) is 0 Å². The molecule has 0 aromatic carbocycles. The summed E-state index contributed by atoms with van der Waals surface area (Å²) in [4.78, 5) is 6.71. The molecule has 0 amide bonds. The first-order valence-electron chi connectivity index (χ1n) is 5.95. The van der Waals surface area contributed by atoms with E-state index in [-0.39, 0.29) is 0 Å². The Morgan fingerprint density at radius 3 is 2.65 bits per heavy atom. The molecule has 5 nitrogen and oxygen atoms in total. The van der Waals surface area contributed by atoms with E-state index in [9.17, 15) is 0 Å². The average Bonchev–Trinajstić information content (AvgIpc) is 2.94. The number of nitrogens with zero attached hydrogens (tertiary/aromatic N) is 5. The number of pyridine rings is 1. The standard InChI is InChI=1S/C12H15N5/c1-2-6-13-12(3-1)16-8-4-11(5-9-16)17-10-7-14-15-17/h1-3,6-7,10-11H,4-5,8-9H2. The molecule has 0 bridgehead atoms. The third kappa shape index (κ3) is 2.13. The monoisotopic (exact) mass is 229 g/mol. The quantitative estimate of drug-likeness (QED) is 0.783. The van der Waals surface area contributed by atoms with E-state index in [1.165, 1.54) is 0 Å². The van der Waals surface area contributed by atoms with Gasteiger partial charge in [0.25, 0.3) is 0 Å². The van der Waals surface area contributed by atoms with Gasteiger partial charge in [-0.3, -0.25) is 0 Å². The molecule has 2 aromatic rings. The van der Waals surface area contributed by atoms with Crippen LogP contribution in [0.1, 0.15) is 18.9 Å². The van der Waals surface area contributed by atoms with E-state index in [1.807, 2.05) is 29.2 Å². The predicted octanol–water partition coefficient (Wildman–Crippen LogP) is 1.51. The topological polar surface area (TPSA) is 46.8 Å². The summed E-state index contributed by atoms with van der Waals surface area (Å²) in [6.07, 6.45) is 7.73. The highest BCUT2D eigenvalue weighted by Crippen LogP contribution is 2.24. The second-order valence-corrected chi connectivity index (χ2v) is 4.29. The molecule has 3 heterocycles. The fourth-order valence-electron chi connectivity index (χ4n) is 2.31. The van der Waals surface area contributed by atoms with Crippen molar-refractivity contribution in [3.05, 3.63) is 36.8 Å². The first kappa shape index (κ1) is 10.3. The first-order chi connectivity index (χ1) is 8.43. The van der Waals surface area contributed by atoms with Crippen LogP contribution >= 0.6 is 0 Å². The van der Waals surface area contributed by atoms with Gasteiger partial charge < -0.3 is 4.90 Å². The SMILES string of the molecule is c1ccc(N2CCC(n3ccnn3)CC2)nc1. The van der Waals surface area contributed by atoms with Gasteiger partial charge in [0.2, 0.25) is 0 Å². The third-order valence-corrected chi connectivity index (χ3v) is 3.25. The highest BCUT2D eigenvalue weighted by molar-refractivity contribution is 5.38. The molecule has 88 valence electrons. The van der Waals surface area contributed by atoms with Crippen molar-refractivity contribution in [2.24, 2.45) is 0 Å². The molecule has 0 atom stereocenters. The van der Waals surface area contributed by atoms with Gasteiger partial charge in [-0.15, -0.1) is 5.10 Å². The molecule has 1 fully saturated rings. The second kappa shape index (κ2) is 4.53. The Balaban J connectivity index is 1.65. The molecule has 0 spiro atoms. The average molecular weight is 229 g/mol. The number of hydrogen-bond donors (Lipinski definition) is 0. The van der Waals surface area contributed by atoms with Crippen LogP contribution in [0.15, 0.2) is 36.8 Å². The molecule has 3 rings (SSSR count). The van der Waals surface area contributed by atoms with Gasteiger partial charge in [0.15, 0.2) is 0 Å². The number of aromatic nitrogens is 4. The second-order valence-electron chi connectivity index (χ2n) is 4.29. The van der Waals surface area contributed by atoms with Crippen molar-refractivity contribution < 1.29 is 0 Å². The Kier molecular flexibility index (Phi) is 2.73. The molecule has 0 unspecified atom stereocenters. The zero-order valence-corrected chi connectivity index (χ0v) is 9.61. The fraction of sp³-hybridized carbons (Fsp3) is 0.417. The first-order valence-corrected chi connectivity index (χ1v) is 5.95. The van der Waals surface area contributed by atoms with E-state index >= 15 is 0 Å². The summed E-state index contributed by atoms with van der Waals surface area (Å²) in [5, 5.41) is 7.93. The lowest BCUT2D eigenvalue weighted by molar-refractivity contribution is 0.359. The highest BCUT2D eigenvalue weighted by Gasteiger charge is 2.21. The largest absolute Gasteiger partial charge is 0.356 e. The maximum Gasteiger partial charge on any atom is 0.128 e. The Hall–Kier alpha value is -1.91. The molecular formula is C12H15N5. The van der Waals surface area contributed by atoms with Crippen molar-refractivity contribution in [1.82, 2.24) is 20.0 Å². The third-order valence-electron chi connectivity index (χ3n) is 3.25. The van der Waals surface area contributed by atoms with E-state index in [0.29, 0.717) is 6.04 Å². The molecule has 2 aromatic heterocycles. The Bertz CT molecular complexity index is 445. The minimum absolute atomic E-state index is 0.484. The predicted molar refractivity (Wildman–Crippen MR) is 64.7 cm³/mol. The van der Waals surface area contributed by atoms with Gasteiger partial charge in [-0.2, -0.15) is 0 Å². The molecule has 0 saturated carbocycles. The lowest BCUT2D eigenvalue weighted by Gasteiger charge is -2.32. The smallest absolute Gasteiger partial charge is 0.128 e. The van der Waals surface area contributed by atoms with E-state index in [0.717, 1.165) is 31.7 Å². The van der Waals surface area contributed by atoms with Crippen molar-refractivity contribution in [3.63, 3.8) is 0 Å². The molecule has 0 N–H and O–H groups in total. The van der Waals surface area contributed by atoms with Crippen LogP contribution in [-0.2, 0) is 0 Å². The molecule has 0 aliphatic carbocycles. The van der Waals surface area contributed by atoms with Crippen LogP contribution in [0.5, 0.6) is 0 Å². The minimum atomic E-state index is 0.484. The van der Waals surface area contributed by atoms with Crippen LogP contribution in [0.4, 0.5) is 5.82 Å². The van der Waals surface area contributed by atoms with Crippen LogP contribution in [0, 0.1) is 0 Å². The van der Waals surface area contributed by atoms with Crippen LogP contribution < -0.4 is 4.90 Å². The normalized spacial score (nSPS) is 17.3. The lowest BCUT2D eigenvalue weighted by Crippen LogP contribution is -2.35. The van der Waals surface area contributed by atoms with Crippen LogP contribution in [0.25, 0.3) is 0 Å². The number of hydrogen-bond acceptors (Lipinski definition) is 4. The van der Waals surface area contributed by atoms with Crippen molar-refractivity contribution >= 4 is 5.82 Å². The minimum Gasteiger partial charge on any atom is -0.356 e. The number of piperidine rings is 1.